The van der Waals surface area contributed by atoms with E-state index in [1.54, 1.807) is 23.0 Å². The lowest BCUT2D eigenvalue weighted by Crippen LogP contribution is -2.13. The van der Waals surface area contributed by atoms with Gasteiger partial charge in [-0.3, -0.25) is 4.79 Å². The third kappa shape index (κ3) is 3.47. The third-order valence-corrected chi connectivity index (χ3v) is 3.82. The van der Waals surface area contributed by atoms with Crippen LogP contribution in [0.4, 0.5) is 5.82 Å². The van der Waals surface area contributed by atoms with Gasteiger partial charge in [-0.15, -0.1) is 5.10 Å². The standard InChI is InChI=1S/C15H9Cl3N4O/c16-10-3-1-2-4-12(10)22-6-5-14(21-22)20-15(23)9-7-13(18)19-8-11(9)17/h1-8H,(H,20,21,23). The number of para-hydroxylation sites is 1. The fraction of sp³-hybridized carbons (Fsp3) is 0. The number of rotatable bonds is 3. The first kappa shape index (κ1) is 15.8. The van der Waals surface area contributed by atoms with Gasteiger partial charge in [-0.1, -0.05) is 46.9 Å². The number of hydrogen-bond acceptors (Lipinski definition) is 3. The Balaban J connectivity index is 1.83. The molecule has 1 amide bonds. The van der Waals surface area contributed by atoms with E-state index >= 15 is 0 Å². The topological polar surface area (TPSA) is 59.8 Å². The Labute approximate surface area is 146 Å². The molecule has 5 nitrogen and oxygen atoms in total. The number of amides is 1. The molecule has 8 heteroatoms. The van der Waals surface area contributed by atoms with E-state index in [0.717, 1.165) is 0 Å². The molecule has 116 valence electrons. The van der Waals surface area contributed by atoms with Crippen LogP contribution in [0.3, 0.4) is 0 Å². The average Bonchev–Trinajstić information content (AvgIpc) is 2.98. The van der Waals surface area contributed by atoms with Gasteiger partial charge in [0.1, 0.15) is 5.15 Å². The molecule has 3 aromatic rings. The van der Waals surface area contributed by atoms with Gasteiger partial charge in [0.05, 0.1) is 21.3 Å². The number of benzene rings is 1. The van der Waals surface area contributed by atoms with Gasteiger partial charge in [0, 0.05) is 18.5 Å². The zero-order chi connectivity index (χ0) is 16.4. The summed E-state index contributed by atoms with van der Waals surface area (Å²) in [5.74, 6) is -0.0670. The summed E-state index contributed by atoms with van der Waals surface area (Å²) in [6, 6.07) is 10.3. The van der Waals surface area contributed by atoms with Crippen molar-refractivity contribution in [2.45, 2.75) is 0 Å². The predicted octanol–water partition coefficient (Wildman–Crippen LogP) is 4.48. The Morgan fingerprint density at radius 3 is 2.65 bits per heavy atom. The van der Waals surface area contributed by atoms with Crippen molar-refractivity contribution in [3.8, 4) is 5.69 Å². The summed E-state index contributed by atoms with van der Waals surface area (Å²) < 4.78 is 1.57. The van der Waals surface area contributed by atoms with Crippen LogP contribution in [0, 0.1) is 0 Å². The fourth-order valence-corrected chi connectivity index (χ4v) is 2.50. The fourth-order valence-electron chi connectivity index (χ4n) is 1.93. The number of pyridine rings is 1. The van der Waals surface area contributed by atoms with E-state index in [1.807, 2.05) is 18.2 Å². The Bertz CT molecular complexity index is 879. The molecule has 2 aromatic heterocycles. The molecule has 0 spiro atoms. The number of nitrogens with one attached hydrogen (secondary N) is 1. The highest BCUT2D eigenvalue weighted by molar-refractivity contribution is 6.35. The molecule has 0 unspecified atom stereocenters. The number of nitrogens with zero attached hydrogens (tertiary/aromatic N) is 3. The predicted molar refractivity (Wildman–Crippen MR) is 90.8 cm³/mol. The molecule has 0 atom stereocenters. The number of carbonyl (C=O) groups is 1. The molecule has 0 aliphatic rings. The molecule has 0 saturated carbocycles. The van der Waals surface area contributed by atoms with Gasteiger partial charge < -0.3 is 5.32 Å². The van der Waals surface area contributed by atoms with Crippen LogP contribution in [-0.2, 0) is 0 Å². The van der Waals surface area contributed by atoms with Crippen LogP contribution in [0.5, 0.6) is 0 Å². The molecule has 0 aliphatic heterocycles. The number of halogens is 3. The summed E-state index contributed by atoms with van der Waals surface area (Å²) in [7, 11) is 0. The number of anilines is 1. The van der Waals surface area contributed by atoms with E-state index in [1.165, 1.54) is 12.3 Å². The Morgan fingerprint density at radius 2 is 1.87 bits per heavy atom. The van der Waals surface area contributed by atoms with Crippen molar-refractivity contribution in [1.29, 1.82) is 0 Å². The largest absolute Gasteiger partial charge is 0.305 e. The Morgan fingerprint density at radius 1 is 1.09 bits per heavy atom. The number of hydrogen-bond donors (Lipinski definition) is 1. The van der Waals surface area contributed by atoms with Crippen molar-refractivity contribution in [3.63, 3.8) is 0 Å². The van der Waals surface area contributed by atoms with Gasteiger partial charge in [-0.25, -0.2) is 9.67 Å². The second kappa shape index (κ2) is 6.58. The van der Waals surface area contributed by atoms with Crippen LogP contribution in [0.1, 0.15) is 10.4 Å². The van der Waals surface area contributed by atoms with Crippen molar-refractivity contribution in [2.75, 3.05) is 5.32 Å². The molecule has 2 heterocycles. The van der Waals surface area contributed by atoms with E-state index < -0.39 is 5.91 Å². The van der Waals surface area contributed by atoms with E-state index in [9.17, 15) is 4.79 Å². The number of aromatic nitrogens is 3. The van der Waals surface area contributed by atoms with Gasteiger partial charge >= 0.3 is 0 Å². The van der Waals surface area contributed by atoms with Crippen molar-refractivity contribution in [2.24, 2.45) is 0 Å². The van der Waals surface area contributed by atoms with Crippen molar-refractivity contribution in [1.82, 2.24) is 14.8 Å². The lowest BCUT2D eigenvalue weighted by Gasteiger charge is -2.05. The molecule has 0 saturated heterocycles. The van der Waals surface area contributed by atoms with Gasteiger partial charge in [0.2, 0.25) is 0 Å². The summed E-state index contributed by atoms with van der Waals surface area (Å²) in [5, 5.41) is 7.86. The lowest BCUT2D eigenvalue weighted by atomic mass is 10.2. The summed E-state index contributed by atoms with van der Waals surface area (Å²) in [6.07, 6.45) is 3.01. The molecule has 1 N–H and O–H groups in total. The average molecular weight is 368 g/mol. The molecule has 23 heavy (non-hydrogen) atoms. The van der Waals surface area contributed by atoms with Crippen molar-refractivity contribution < 1.29 is 4.79 Å². The molecule has 3 rings (SSSR count). The minimum absolute atomic E-state index is 0.182. The van der Waals surface area contributed by atoms with Crippen LogP contribution in [0.15, 0.2) is 48.8 Å². The normalized spacial score (nSPS) is 10.6. The van der Waals surface area contributed by atoms with E-state index in [0.29, 0.717) is 16.5 Å². The molecule has 0 radical (unpaired) electrons. The zero-order valence-electron chi connectivity index (χ0n) is 11.5. The summed E-state index contributed by atoms with van der Waals surface area (Å²) in [4.78, 5) is 16.0. The summed E-state index contributed by atoms with van der Waals surface area (Å²) in [6.45, 7) is 0. The van der Waals surface area contributed by atoms with Gasteiger partial charge in [0.15, 0.2) is 5.82 Å². The second-order valence-corrected chi connectivity index (χ2v) is 5.74. The SMILES string of the molecule is O=C(Nc1ccn(-c2ccccc2Cl)n1)c1cc(Cl)ncc1Cl. The Hall–Kier alpha value is -2.08. The van der Waals surface area contributed by atoms with Crippen LogP contribution >= 0.6 is 34.8 Å². The van der Waals surface area contributed by atoms with Crippen LogP contribution in [0.25, 0.3) is 5.69 Å². The van der Waals surface area contributed by atoms with Crippen molar-refractivity contribution >= 4 is 46.5 Å². The highest BCUT2D eigenvalue weighted by Crippen LogP contribution is 2.21. The maximum absolute atomic E-state index is 12.2. The smallest absolute Gasteiger partial charge is 0.258 e. The monoisotopic (exact) mass is 366 g/mol. The van der Waals surface area contributed by atoms with E-state index in [-0.39, 0.29) is 15.7 Å². The maximum Gasteiger partial charge on any atom is 0.258 e. The Kier molecular flexibility index (Phi) is 4.52. The summed E-state index contributed by atoms with van der Waals surface area (Å²) in [5.41, 5.74) is 0.929. The van der Waals surface area contributed by atoms with Crippen LogP contribution < -0.4 is 5.32 Å². The van der Waals surface area contributed by atoms with Crippen molar-refractivity contribution in [3.05, 3.63) is 69.6 Å². The third-order valence-electron chi connectivity index (χ3n) is 3.00. The van der Waals surface area contributed by atoms with Gasteiger partial charge in [-0.05, 0) is 18.2 Å². The molecular weight excluding hydrogens is 359 g/mol. The molecule has 0 aliphatic carbocycles. The number of carbonyl (C=O) groups excluding carboxylic acids is 1. The first-order chi connectivity index (χ1) is 11.0. The molecule has 1 aromatic carbocycles. The summed E-state index contributed by atoms with van der Waals surface area (Å²) >= 11 is 17.9. The quantitative estimate of drug-likeness (QED) is 0.694. The lowest BCUT2D eigenvalue weighted by molar-refractivity contribution is 0.102. The second-order valence-electron chi connectivity index (χ2n) is 4.54. The molecule has 0 fully saturated rings. The van der Waals surface area contributed by atoms with Gasteiger partial charge in [-0.2, -0.15) is 0 Å². The first-order valence-corrected chi connectivity index (χ1v) is 7.61. The minimum atomic E-state index is -0.427. The first-order valence-electron chi connectivity index (χ1n) is 6.47. The zero-order valence-corrected chi connectivity index (χ0v) is 13.8. The highest BCUT2D eigenvalue weighted by atomic mass is 35.5. The van der Waals surface area contributed by atoms with Gasteiger partial charge in [0.25, 0.3) is 5.91 Å². The molecule has 0 bridgehead atoms. The maximum atomic E-state index is 12.2. The van der Waals surface area contributed by atoms with Crippen LogP contribution in [0.2, 0.25) is 15.2 Å². The minimum Gasteiger partial charge on any atom is -0.305 e. The van der Waals surface area contributed by atoms with E-state index in [4.69, 9.17) is 34.8 Å². The van der Waals surface area contributed by atoms with E-state index in [2.05, 4.69) is 15.4 Å². The van der Waals surface area contributed by atoms with Crippen LogP contribution in [-0.4, -0.2) is 20.7 Å². The molecular formula is C15H9Cl3N4O. The highest BCUT2D eigenvalue weighted by Gasteiger charge is 2.14.